The molecule has 0 saturated heterocycles. The molecule has 594 valence electrons. The van der Waals surface area contributed by atoms with E-state index in [1.165, 1.54) is 274 Å². The Morgan fingerprint density at radius 1 is 0.155 bits per heavy atom. The number of aromatic nitrogens is 3. The highest BCUT2D eigenvalue weighted by molar-refractivity contribution is 7.27. The summed E-state index contributed by atoms with van der Waals surface area (Å²) in [5, 5.41) is 30.8. The van der Waals surface area contributed by atoms with Crippen molar-refractivity contribution >= 4 is 258 Å². The van der Waals surface area contributed by atoms with Crippen LogP contribution >= 0.6 is 34.0 Å². The molecule has 6 nitrogen and oxygen atoms in total. The van der Waals surface area contributed by atoms with E-state index in [0.29, 0.717) is 0 Å². The lowest BCUT2D eigenvalue weighted by Crippen LogP contribution is -1.95. The van der Waals surface area contributed by atoms with Gasteiger partial charge >= 0.3 is 0 Å². The number of furan rings is 3. The molecular formula is C120H63N3O3S3. The molecule has 9 heteroatoms. The standard InChI is InChI=1S/3C40H21NOS/c1-4-13-30-27(9-1)38-32(20-16-25-22-8-3-6-15-35(22)43-40(25)38)41(30)31-19-17-29-36-23(11-7-12-26(31)36)24-18-21-34-39(37(24)29)28-10-2-5-14-33(28)42-34;1-4-13-30-27(9-1)38-32(20-17-25-22-8-3-6-15-35(22)43-40(25)38)41(30)31-19-16-23-24-18-21-34-39(28-10-2-5-14-33(28)42-34)37(24)29-12-7-11-26(31)36(23)29;1-4-13-31-29(10-1)38-33(21-18-27-23-9-3-6-15-35(23)43-40(27)38)41(31)32-20-19-30-36-24(11-7-12-28(32)36)25-16-17-26-22-8-2-5-14-34(22)42-39(26)37(25)30/h3*1-21H. The summed E-state index contributed by atoms with van der Waals surface area (Å²) in [6.45, 7) is 0. The van der Waals surface area contributed by atoms with Gasteiger partial charge in [-0.2, -0.15) is 0 Å². The van der Waals surface area contributed by atoms with Crippen molar-refractivity contribution in [3.63, 3.8) is 0 Å². The molecule has 0 spiro atoms. The van der Waals surface area contributed by atoms with Crippen molar-refractivity contribution in [2.75, 3.05) is 0 Å². The number of thiophene rings is 3. The second-order valence-corrected chi connectivity index (χ2v) is 38.0. The Morgan fingerprint density at radius 2 is 0.457 bits per heavy atom. The van der Waals surface area contributed by atoms with Crippen molar-refractivity contribution in [1.29, 1.82) is 0 Å². The zero-order valence-electron chi connectivity index (χ0n) is 68.7. The summed E-state index contributed by atoms with van der Waals surface area (Å²) in [6, 6.07) is 140. The maximum absolute atomic E-state index is 6.54. The van der Waals surface area contributed by atoms with Crippen molar-refractivity contribution in [3.8, 4) is 83.8 Å². The minimum atomic E-state index is 0.938. The van der Waals surface area contributed by atoms with Gasteiger partial charge in [-0.25, -0.2) is 0 Å². The van der Waals surface area contributed by atoms with Crippen LogP contribution in [0.3, 0.4) is 0 Å². The first-order chi connectivity index (χ1) is 64.0. The number of hydrogen-bond donors (Lipinski definition) is 0. The van der Waals surface area contributed by atoms with E-state index in [4.69, 9.17) is 13.3 Å². The fraction of sp³-hybridized carbons (Fsp3) is 0. The van der Waals surface area contributed by atoms with Gasteiger partial charge in [0.25, 0.3) is 0 Å². The van der Waals surface area contributed by atoms with E-state index >= 15 is 0 Å². The fourth-order valence-corrected chi connectivity index (χ4v) is 27.2. The molecule has 9 heterocycles. The summed E-state index contributed by atoms with van der Waals surface area (Å²) < 4.78 is 34.7. The molecule has 0 unspecified atom stereocenters. The van der Waals surface area contributed by atoms with Gasteiger partial charge in [0.05, 0.1) is 50.2 Å². The summed E-state index contributed by atoms with van der Waals surface area (Å²) in [5.74, 6) is 0. The first-order valence-electron chi connectivity index (χ1n) is 44.1. The second kappa shape index (κ2) is 25.4. The van der Waals surface area contributed by atoms with Crippen LogP contribution in [-0.2, 0) is 0 Å². The molecule has 129 heavy (non-hydrogen) atoms. The Kier molecular flexibility index (Phi) is 13.6. The van der Waals surface area contributed by atoms with Crippen molar-refractivity contribution in [2.45, 2.75) is 0 Å². The van der Waals surface area contributed by atoms with Crippen LogP contribution in [0.15, 0.2) is 395 Å². The quantitative estimate of drug-likeness (QED) is 0.177. The Labute approximate surface area is 745 Å². The largest absolute Gasteiger partial charge is 0.456 e. The number of hydrogen-bond acceptors (Lipinski definition) is 6. The maximum atomic E-state index is 6.54. The molecule has 0 N–H and O–H groups in total. The lowest BCUT2D eigenvalue weighted by atomic mass is 9.98. The predicted octanol–water partition coefficient (Wildman–Crippen LogP) is 35.6. The predicted molar refractivity (Wildman–Crippen MR) is 549 cm³/mol. The molecule has 21 aromatic carbocycles. The Balaban J connectivity index is 0.0000000919. The number of nitrogens with zero attached hydrogens (tertiary/aromatic N) is 3. The molecule has 0 atom stereocenters. The van der Waals surface area contributed by atoms with Gasteiger partial charge in [0.1, 0.15) is 33.5 Å². The lowest BCUT2D eigenvalue weighted by molar-refractivity contribution is 0.668. The fourth-order valence-electron chi connectivity index (χ4n) is 23.5. The molecular weight excluding hydrogens is 1630 g/mol. The topological polar surface area (TPSA) is 54.2 Å². The summed E-state index contributed by atoms with van der Waals surface area (Å²) in [7, 11) is 0. The van der Waals surface area contributed by atoms with Crippen molar-refractivity contribution in [2.24, 2.45) is 0 Å². The van der Waals surface area contributed by atoms with E-state index in [9.17, 15) is 0 Å². The van der Waals surface area contributed by atoms with E-state index < -0.39 is 0 Å². The van der Waals surface area contributed by atoms with Gasteiger partial charge in [0.2, 0.25) is 0 Å². The van der Waals surface area contributed by atoms with Gasteiger partial charge in [-0.3, -0.25) is 0 Å². The molecule has 3 aliphatic carbocycles. The normalized spacial score (nSPS) is 12.7. The molecule has 0 amide bonds. The second-order valence-electron chi connectivity index (χ2n) is 34.8. The SMILES string of the molecule is c1ccc2c(c1)oc1c3c(ccc12)-c1cccc2c(-n4c5ccccc5c5c6sc7ccccc7c6ccc54)ccc-3c12.c1ccc2c(c1)oc1ccc3c(c12)-c1ccc(-n2c4ccccc4c4c5sc6ccccc6c5ccc42)c2cccc-3c12.c1ccc2c(c1)oc1ccc3c(c12)-c1cccc2c(-n4c5ccccc5c5c6sc7ccccc7c6ccc54)ccc-3c12. The van der Waals surface area contributed by atoms with Crippen molar-refractivity contribution in [1.82, 2.24) is 13.7 Å². The van der Waals surface area contributed by atoms with Crippen LogP contribution in [0.4, 0.5) is 0 Å². The Hall–Kier alpha value is -16.1. The average molecular weight is 1690 g/mol. The van der Waals surface area contributed by atoms with Crippen molar-refractivity contribution in [3.05, 3.63) is 382 Å². The highest BCUT2D eigenvalue weighted by atomic mass is 32.1. The highest BCUT2D eigenvalue weighted by Gasteiger charge is 2.34. The summed E-state index contributed by atoms with van der Waals surface area (Å²) in [6.07, 6.45) is 0. The van der Waals surface area contributed by atoms with Gasteiger partial charge in [0, 0.05) is 158 Å². The zero-order chi connectivity index (χ0) is 83.4. The van der Waals surface area contributed by atoms with Gasteiger partial charge in [-0.15, -0.1) is 34.0 Å². The highest BCUT2D eigenvalue weighted by Crippen LogP contribution is 2.59. The van der Waals surface area contributed by atoms with Crippen LogP contribution in [0.2, 0.25) is 0 Å². The van der Waals surface area contributed by atoms with Crippen molar-refractivity contribution < 1.29 is 13.3 Å². The van der Waals surface area contributed by atoms with E-state index in [0.717, 1.165) is 33.5 Å². The molecule has 0 bridgehead atoms. The minimum Gasteiger partial charge on any atom is -0.456 e. The van der Waals surface area contributed by atoms with Crippen LogP contribution in [-0.4, -0.2) is 13.7 Å². The smallest absolute Gasteiger partial charge is 0.143 e. The van der Waals surface area contributed by atoms with Crippen LogP contribution in [0.25, 0.3) is 308 Å². The summed E-state index contributed by atoms with van der Waals surface area (Å²) in [5.41, 5.74) is 32.1. The van der Waals surface area contributed by atoms with Gasteiger partial charge in [-0.1, -0.05) is 261 Å². The molecule has 0 fully saturated rings. The summed E-state index contributed by atoms with van der Waals surface area (Å²) in [4.78, 5) is 0. The monoisotopic (exact) mass is 1690 g/mol. The molecule has 0 aliphatic heterocycles. The average Bonchev–Trinajstić information content (AvgIpc) is 1.54. The van der Waals surface area contributed by atoms with E-state index in [1.807, 2.05) is 52.2 Å². The first kappa shape index (κ1) is 69.2. The van der Waals surface area contributed by atoms with Crippen LogP contribution in [0.1, 0.15) is 0 Å². The minimum absolute atomic E-state index is 0.938. The van der Waals surface area contributed by atoms with Crippen LogP contribution < -0.4 is 0 Å². The lowest BCUT2D eigenvalue weighted by Gasteiger charge is -2.13. The number of fused-ring (bicyclic) bond motifs is 42. The number of para-hydroxylation sites is 6. The Morgan fingerprint density at radius 3 is 0.891 bits per heavy atom. The van der Waals surface area contributed by atoms with E-state index in [1.54, 1.807) is 0 Å². The number of benzene rings is 21. The summed E-state index contributed by atoms with van der Waals surface area (Å²) >= 11 is 5.71. The van der Waals surface area contributed by atoms with E-state index in [-0.39, 0.29) is 0 Å². The maximum Gasteiger partial charge on any atom is 0.143 e. The first-order valence-corrected chi connectivity index (χ1v) is 46.5. The molecule has 3 aliphatic rings. The third-order valence-electron chi connectivity index (χ3n) is 28.6. The van der Waals surface area contributed by atoms with Crippen LogP contribution in [0.5, 0.6) is 0 Å². The van der Waals surface area contributed by atoms with E-state index in [2.05, 4.69) is 378 Å². The Bertz CT molecular complexity index is 10000. The van der Waals surface area contributed by atoms with Gasteiger partial charge in [-0.05, 0) is 188 Å². The van der Waals surface area contributed by atoms with Gasteiger partial charge in [0.15, 0.2) is 0 Å². The van der Waals surface area contributed by atoms with Gasteiger partial charge < -0.3 is 27.0 Å². The third-order valence-corrected chi connectivity index (χ3v) is 32.2. The van der Waals surface area contributed by atoms with Crippen LogP contribution in [0, 0.1) is 0 Å². The number of rotatable bonds is 3. The third kappa shape index (κ3) is 9.07. The molecule has 9 aromatic heterocycles. The zero-order valence-corrected chi connectivity index (χ0v) is 71.1. The molecule has 0 saturated carbocycles. The molecule has 33 rings (SSSR count). The molecule has 30 aromatic rings. The molecule has 0 radical (unpaired) electrons.